The normalized spacial score (nSPS) is 11.0. The second-order valence-electron chi connectivity index (χ2n) is 3.67. The Morgan fingerprint density at radius 3 is 2.72 bits per heavy atom. The lowest BCUT2D eigenvalue weighted by Crippen LogP contribution is -2.04. The number of tetrazole rings is 1. The maximum absolute atomic E-state index is 9.41. The Morgan fingerprint density at radius 1 is 1.28 bits per heavy atom. The van der Waals surface area contributed by atoms with E-state index in [4.69, 9.17) is 0 Å². The lowest BCUT2D eigenvalue weighted by molar-refractivity contribution is 0.146. The van der Waals surface area contributed by atoms with Crippen molar-refractivity contribution in [3.05, 3.63) is 17.5 Å². The molecule has 3 heterocycles. The molecule has 1 N–H and O–H groups in total. The van der Waals surface area contributed by atoms with Gasteiger partial charge >= 0.3 is 0 Å². The second-order valence-corrected chi connectivity index (χ2v) is 3.67. The number of hydrogen-bond acceptors (Lipinski definition) is 8. The fourth-order valence-electron chi connectivity index (χ4n) is 1.63. The number of nitrogens with zero attached hydrogens (tertiary/aromatic N) is 8. The molecule has 0 aromatic carbocycles. The summed E-state index contributed by atoms with van der Waals surface area (Å²) < 4.78 is 6.20. The molecule has 0 aliphatic carbocycles. The lowest BCUT2D eigenvalue weighted by Gasteiger charge is -1.99. The van der Waals surface area contributed by atoms with Crippen LogP contribution in [0.5, 0.6) is 0 Å². The summed E-state index contributed by atoms with van der Waals surface area (Å²) in [5.74, 6) is 0.338. The Hall–Kier alpha value is -2.78. The highest BCUT2D eigenvalue weighted by molar-refractivity contribution is 5.57. The third-order valence-electron chi connectivity index (χ3n) is 2.35. The zero-order chi connectivity index (χ0) is 12.7. The first-order valence-corrected chi connectivity index (χ1v) is 5.01. The van der Waals surface area contributed by atoms with E-state index in [0.717, 1.165) is 11.4 Å². The van der Waals surface area contributed by atoms with Crippen molar-refractivity contribution in [1.82, 2.24) is 40.5 Å². The summed E-state index contributed by atoms with van der Waals surface area (Å²) in [6, 6.07) is 1.88. The van der Waals surface area contributed by atoms with E-state index in [0.29, 0.717) is 10.7 Å². The van der Waals surface area contributed by atoms with E-state index in [2.05, 4.69) is 35.6 Å². The van der Waals surface area contributed by atoms with Gasteiger partial charge in [-0.2, -0.15) is 5.10 Å². The molecule has 3 aromatic rings. The summed E-state index contributed by atoms with van der Waals surface area (Å²) in [6.45, 7) is 3.72. The molecule has 10 nitrogen and oxygen atoms in total. The lowest BCUT2D eigenvalue weighted by atomic mass is 10.4. The van der Waals surface area contributed by atoms with Crippen molar-refractivity contribution >= 4 is 0 Å². The van der Waals surface area contributed by atoms with Crippen LogP contribution in [0, 0.1) is 13.8 Å². The van der Waals surface area contributed by atoms with Gasteiger partial charge in [-0.1, -0.05) is 4.85 Å². The van der Waals surface area contributed by atoms with Gasteiger partial charge in [0.1, 0.15) is 0 Å². The molecule has 10 heteroatoms. The highest BCUT2D eigenvalue weighted by Gasteiger charge is 2.22. The zero-order valence-corrected chi connectivity index (χ0v) is 9.51. The van der Waals surface area contributed by atoms with Crippen LogP contribution in [-0.4, -0.2) is 45.7 Å². The molecule has 0 aliphatic heterocycles. The SMILES string of the molecule is Cc1cc(C)n(-c2nonc2-c2nnnn2O)n1. The topological polar surface area (TPSA) is 121 Å². The fourth-order valence-corrected chi connectivity index (χ4v) is 1.63. The molecule has 92 valence electrons. The van der Waals surface area contributed by atoms with Gasteiger partial charge < -0.3 is 5.21 Å². The minimum atomic E-state index is 0.0267. The Balaban J connectivity index is 2.18. The highest BCUT2D eigenvalue weighted by Crippen LogP contribution is 2.21. The first-order valence-electron chi connectivity index (χ1n) is 5.01. The zero-order valence-electron chi connectivity index (χ0n) is 9.51. The van der Waals surface area contributed by atoms with Gasteiger partial charge in [0.05, 0.1) is 5.69 Å². The van der Waals surface area contributed by atoms with Gasteiger partial charge in [-0.15, -0.1) is 5.10 Å². The first kappa shape index (κ1) is 10.4. The van der Waals surface area contributed by atoms with E-state index in [-0.39, 0.29) is 11.5 Å². The van der Waals surface area contributed by atoms with E-state index < -0.39 is 0 Å². The van der Waals surface area contributed by atoms with Crippen molar-refractivity contribution in [2.75, 3.05) is 0 Å². The number of rotatable bonds is 2. The predicted molar refractivity (Wildman–Crippen MR) is 54.9 cm³/mol. The van der Waals surface area contributed by atoms with Gasteiger partial charge in [0.15, 0.2) is 0 Å². The van der Waals surface area contributed by atoms with E-state index in [1.165, 1.54) is 4.68 Å². The van der Waals surface area contributed by atoms with Gasteiger partial charge in [0.25, 0.3) is 0 Å². The van der Waals surface area contributed by atoms with Crippen LogP contribution in [0.1, 0.15) is 11.4 Å². The predicted octanol–water partition coefficient (Wildman–Crippen LogP) is -0.237. The number of hydrogen-bond donors (Lipinski definition) is 1. The summed E-state index contributed by atoms with van der Waals surface area (Å²) in [5.41, 5.74) is 1.88. The van der Waals surface area contributed by atoms with Crippen molar-refractivity contribution in [3.63, 3.8) is 0 Å². The molecule has 0 unspecified atom stereocenters. The molecule has 3 aromatic heterocycles. The minimum Gasteiger partial charge on any atom is -0.409 e. The van der Waals surface area contributed by atoms with Gasteiger partial charge in [-0.05, 0) is 40.7 Å². The van der Waals surface area contributed by atoms with Crippen LogP contribution in [-0.2, 0) is 0 Å². The summed E-state index contributed by atoms with van der Waals surface area (Å²) in [7, 11) is 0. The average Bonchev–Trinajstić information content (AvgIpc) is 2.98. The molecule has 0 saturated heterocycles. The van der Waals surface area contributed by atoms with Crippen molar-refractivity contribution < 1.29 is 9.84 Å². The molecular weight excluding hydrogens is 240 g/mol. The second kappa shape index (κ2) is 3.61. The molecule has 0 spiro atoms. The smallest absolute Gasteiger partial charge is 0.248 e. The molecular formula is C8H8N8O2. The summed E-state index contributed by atoms with van der Waals surface area (Å²) in [4.78, 5) is 0.495. The van der Waals surface area contributed by atoms with Crippen LogP contribution in [0.4, 0.5) is 0 Å². The Kier molecular flexibility index (Phi) is 2.08. The maximum Gasteiger partial charge on any atom is 0.248 e. The summed E-state index contributed by atoms with van der Waals surface area (Å²) in [5, 5.41) is 31.3. The van der Waals surface area contributed by atoms with Gasteiger partial charge in [0.2, 0.25) is 17.3 Å². The van der Waals surface area contributed by atoms with Crippen LogP contribution in [0.3, 0.4) is 0 Å². The third-order valence-corrected chi connectivity index (χ3v) is 2.35. The molecule has 0 bridgehead atoms. The van der Waals surface area contributed by atoms with Crippen molar-refractivity contribution in [2.45, 2.75) is 13.8 Å². The van der Waals surface area contributed by atoms with E-state index in [1.807, 2.05) is 19.9 Å². The monoisotopic (exact) mass is 248 g/mol. The standard InChI is InChI=1S/C8H8N8O2/c1-4-3-5(2)15(10-4)8-6(11-18-12-8)7-9-13-14-16(7)17/h3,17H,1-2H3. The first-order chi connectivity index (χ1) is 8.66. The van der Waals surface area contributed by atoms with Gasteiger partial charge in [-0.3, -0.25) is 0 Å². The Morgan fingerprint density at radius 2 is 2.11 bits per heavy atom. The Bertz CT molecular complexity index is 696. The van der Waals surface area contributed by atoms with Gasteiger partial charge in [0, 0.05) is 5.69 Å². The van der Waals surface area contributed by atoms with Crippen LogP contribution in [0.25, 0.3) is 17.3 Å². The Labute approximate surface area is 99.8 Å². The van der Waals surface area contributed by atoms with Crippen LogP contribution >= 0.6 is 0 Å². The third kappa shape index (κ3) is 1.43. The quantitative estimate of drug-likeness (QED) is 0.617. The summed E-state index contributed by atoms with van der Waals surface area (Å²) in [6.07, 6.45) is 0. The number of aromatic nitrogens is 8. The maximum atomic E-state index is 9.41. The molecule has 0 fully saturated rings. The van der Waals surface area contributed by atoms with Crippen LogP contribution in [0.15, 0.2) is 10.7 Å². The van der Waals surface area contributed by atoms with E-state index in [9.17, 15) is 5.21 Å². The van der Waals surface area contributed by atoms with E-state index >= 15 is 0 Å². The van der Waals surface area contributed by atoms with Crippen molar-refractivity contribution in [3.8, 4) is 17.3 Å². The van der Waals surface area contributed by atoms with Crippen molar-refractivity contribution in [2.24, 2.45) is 0 Å². The largest absolute Gasteiger partial charge is 0.409 e. The summed E-state index contributed by atoms with van der Waals surface area (Å²) >= 11 is 0. The average molecular weight is 248 g/mol. The fraction of sp³-hybridized carbons (Fsp3) is 0.250. The number of aryl methyl sites for hydroxylation is 2. The molecule has 3 rings (SSSR count). The minimum absolute atomic E-state index is 0.0267. The highest BCUT2D eigenvalue weighted by atomic mass is 16.6. The van der Waals surface area contributed by atoms with Crippen molar-refractivity contribution in [1.29, 1.82) is 0 Å². The van der Waals surface area contributed by atoms with Gasteiger partial charge in [-0.25, -0.2) is 9.31 Å². The molecule has 0 aliphatic rings. The molecule has 18 heavy (non-hydrogen) atoms. The van der Waals surface area contributed by atoms with E-state index in [1.54, 1.807) is 0 Å². The molecule has 0 amide bonds. The molecule has 0 radical (unpaired) electrons. The van der Waals surface area contributed by atoms with Crippen LogP contribution in [0.2, 0.25) is 0 Å². The molecule has 0 atom stereocenters. The molecule has 0 saturated carbocycles. The van der Waals surface area contributed by atoms with Crippen LogP contribution < -0.4 is 0 Å².